The molecule has 4 N–H and O–H groups in total. The Bertz CT molecular complexity index is 1950. The Morgan fingerprint density at radius 2 is 0.957 bits per heavy atom. The van der Waals surface area contributed by atoms with Crippen molar-refractivity contribution in [1.29, 1.82) is 0 Å². The van der Waals surface area contributed by atoms with Crippen LogP contribution in [0.1, 0.15) is 120 Å². The van der Waals surface area contributed by atoms with Gasteiger partial charge in [-0.2, -0.15) is 0 Å². The van der Waals surface area contributed by atoms with Crippen LogP contribution in [0.15, 0.2) is 72.8 Å². The smallest absolute Gasteiger partial charge is 0.306 e. The molecule has 70 heavy (non-hydrogen) atoms. The minimum Gasteiger partial charge on any atom is -0.497 e. The van der Waals surface area contributed by atoms with Crippen LogP contribution < -0.4 is 14.2 Å². The van der Waals surface area contributed by atoms with Crippen LogP contribution in [0.4, 0.5) is 0 Å². The molecule has 6 rings (SSSR count). The largest absolute Gasteiger partial charge is 0.497 e. The maximum atomic E-state index is 12.1. The van der Waals surface area contributed by atoms with Gasteiger partial charge in [-0.1, -0.05) is 50.2 Å². The van der Waals surface area contributed by atoms with E-state index in [9.17, 15) is 30.0 Å². The molecule has 0 heterocycles. The van der Waals surface area contributed by atoms with E-state index in [2.05, 4.69) is 14.7 Å². The zero-order chi connectivity index (χ0) is 51.6. The Balaban J connectivity index is 0.000000230. The van der Waals surface area contributed by atoms with Crippen LogP contribution in [0.2, 0.25) is 0 Å². The summed E-state index contributed by atoms with van der Waals surface area (Å²) >= 11 is 0. The molecule has 9 unspecified atom stereocenters. The highest BCUT2D eigenvalue weighted by atomic mass is 16.5. The first-order valence-electron chi connectivity index (χ1n) is 25.7. The number of benzene rings is 3. The summed E-state index contributed by atoms with van der Waals surface area (Å²) in [6.45, 7) is 6.42. The normalized spacial score (nSPS) is 27.7. The fourth-order valence-electron chi connectivity index (χ4n) is 11.1. The molecule has 9 atom stereocenters. The predicted molar refractivity (Wildman–Crippen MR) is 277 cm³/mol. The van der Waals surface area contributed by atoms with Crippen LogP contribution in [0.3, 0.4) is 0 Å². The number of Topliss-reactive ketones (excluding diaryl/α,β-unsaturated/α-hetero) is 1. The van der Waals surface area contributed by atoms with Gasteiger partial charge in [-0.25, -0.2) is 0 Å². The summed E-state index contributed by atoms with van der Waals surface area (Å²) in [5.41, 5.74) is -0.359. The number of methoxy groups -OCH3 is 3. The Morgan fingerprint density at radius 1 is 0.557 bits per heavy atom. The van der Waals surface area contributed by atoms with E-state index in [4.69, 9.17) is 18.9 Å². The number of hydrogen-bond acceptors (Lipinski definition) is 13. The molecule has 3 fully saturated rings. The van der Waals surface area contributed by atoms with Gasteiger partial charge in [0.2, 0.25) is 0 Å². The van der Waals surface area contributed by atoms with Crippen molar-refractivity contribution in [3.63, 3.8) is 0 Å². The van der Waals surface area contributed by atoms with Crippen molar-refractivity contribution in [3.8, 4) is 17.2 Å². The standard InChI is InChI=1S/C21H33NO3.C20H31NO4.C16H25NO3/c1-5-7-19(23)12-16-10-11-18(15-22(2)3)21(24,14-16)17-8-6-9-20(13-17)25-4;1-5-7-19(22)25-18-11-10-16(14-21(2)3)20(23,13-18)15-8-6-9-17(12-15)24-4;1-17(2)11-13-7-8-14(18)10-16(13,19)12-5-4-6-15(9-12)20-3/h6,8-9,13,16,18,24H,5,7,10-12,14-15H2,1-4H3;6,8-9,12,16,18,23H,5,7,10-11,13-14H2,1-4H3;4-6,9,13-14,18-19H,7-8,10-11H2,1-3H3. The molecular weight excluding hydrogens is 887 g/mol. The van der Waals surface area contributed by atoms with Gasteiger partial charge >= 0.3 is 5.97 Å². The molecular formula is C57H89N3O10. The summed E-state index contributed by atoms with van der Waals surface area (Å²) in [5, 5.41) is 44.5. The number of aliphatic hydroxyl groups excluding tert-OH is 1. The fourth-order valence-corrected chi connectivity index (χ4v) is 11.1. The van der Waals surface area contributed by atoms with Crippen LogP contribution in [-0.2, 0) is 31.1 Å². The Hall–Kier alpha value is -4.08. The maximum absolute atomic E-state index is 12.1. The van der Waals surface area contributed by atoms with Gasteiger partial charge in [0.25, 0.3) is 0 Å². The van der Waals surface area contributed by atoms with Crippen LogP contribution in [-0.4, -0.2) is 142 Å². The van der Waals surface area contributed by atoms with Gasteiger partial charge < -0.3 is 54.1 Å². The second kappa shape index (κ2) is 27.7. The molecule has 0 amide bonds. The summed E-state index contributed by atoms with van der Waals surface area (Å²) in [7, 11) is 17.0. The van der Waals surface area contributed by atoms with E-state index in [0.717, 1.165) is 105 Å². The van der Waals surface area contributed by atoms with Crippen molar-refractivity contribution in [3.05, 3.63) is 89.5 Å². The minimum atomic E-state index is -1.03. The monoisotopic (exact) mass is 976 g/mol. The lowest BCUT2D eigenvalue weighted by Gasteiger charge is -2.45. The number of carbonyl (C=O) groups excluding carboxylic acids is 2. The van der Waals surface area contributed by atoms with Crippen molar-refractivity contribution in [2.45, 2.75) is 133 Å². The van der Waals surface area contributed by atoms with Crippen LogP contribution in [0.25, 0.3) is 0 Å². The number of aliphatic hydroxyl groups is 4. The third kappa shape index (κ3) is 16.5. The molecule has 3 aromatic carbocycles. The summed E-state index contributed by atoms with van der Waals surface area (Å²) in [5.74, 6) is 2.99. The quantitative estimate of drug-likeness (QED) is 0.0853. The first-order chi connectivity index (χ1) is 33.2. The van der Waals surface area contributed by atoms with E-state index in [0.29, 0.717) is 44.3 Å². The summed E-state index contributed by atoms with van der Waals surface area (Å²) in [6, 6.07) is 22.9. The van der Waals surface area contributed by atoms with E-state index in [1.54, 1.807) is 21.3 Å². The van der Waals surface area contributed by atoms with Gasteiger partial charge in [-0.15, -0.1) is 0 Å². The number of ketones is 1. The fraction of sp³-hybridized carbons (Fsp3) is 0.649. The highest BCUT2D eigenvalue weighted by Crippen LogP contribution is 2.47. The number of ether oxygens (including phenoxy) is 4. The van der Waals surface area contributed by atoms with Crippen molar-refractivity contribution in [2.75, 3.05) is 83.2 Å². The minimum absolute atomic E-state index is 0.0794. The lowest BCUT2D eigenvalue weighted by molar-refractivity contribution is -0.161. The van der Waals surface area contributed by atoms with Crippen LogP contribution in [0, 0.1) is 23.7 Å². The van der Waals surface area contributed by atoms with Gasteiger partial charge in [0.05, 0.1) is 44.2 Å². The Morgan fingerprint density at radius 3 is 1.37 bits per heavy atom. The zero-order valence-electron chi connectivity index (χ0n) is 44.5. The molecule has 3 aromatic rings. The zero-order valence-corrected chi connectivity index (χ0v) is 44.5. The second-order valence-electron chi connectivity index (χ2n) is 21.1. The molecule has 0 spiro atoms. The van der Waals surface area contributed by atoms with Gasteiger partial charge in [0.1, 0.15) is 29.1 Å². The van der Waals surface area contributed by atoms with E-state index in [1.807, 2.05) is 129 Å². The van der Waals surface area contributed by atoms with Crippen molar-refractivity contribution < 1.29 is 49.0 Å². The van der Waals surface area contributed by atoms with Crippen molar-refractivity contribution in [2.24, 2.45) is 23.7 Å². The van der Waals surface area contributed by atoms with E-state index in [-0.39, 0.29) is 35.7 Å². The number of carbonyl (C=O) groups is 2. The summed E-state index contributed by atoms with van der Waals surface area (Å²) in [6.07, 6.45) is 9.26. The molecule has 13 nitrogen and oxygen atoms in total. The van der Waals surface area contributed by atoms with Crippen LogP contribution in [0.5, 0.6) is 17.2 Å². The van der Waals surface area contributed by atoms with E-state index < -0.39 is 22.9 Å². The third-order valence-electron chi connectivity index (χ3n) is 14.6. The van der Waals surface area contributed by atoms with Crippen LogP contribution >= 0.6 is 0 Å². The summed E-state index contributed by atoms with van der Waals surface area (Å²) in [4.78, 5) is 30.3. The average molecular weight is 976 g/mol. The van der Waals surface area contributed by atoms with Crippen molar-refractivity contribution >= 4 is 11.8 Å². The lowest BCUT2D eigenvalue weighted by Crippen LogP contribution is -2.47. The first-order valence-corrected chi connectivity index (χ1v) is 25.7. The highest BCUT2D eigenvalue weighted by Gasteiger charge is 2.47. The Labute approximate surface area is 420 Å². The SMILES string of the molecule is CCCC(=O)CC1CCC(CN(C)C)C(O)(c2cccc(OC)c2)C1.CCCC(=O)OC1CCC(CN(C)C)C(O)(c2cccc(OC)c2)C1.COc1cccc(C2(O)CC(O)CCC2CN(C)C)c1. The van der Waals surface area contributed by atoms with E-state index >= 15 is 0 Å². The molecule has 0 bridgehead atoms. The first kappa shape index (κ1) is 58.5. The molecule has 3 aliphatic rings. The average Bonchev–Trinajstić information content (AvgIpc) is 3.32. The molecule has 0 aliphatic heterocycles. The molecule has 392 valence electrons. The van der Waals surface area contributed by atoms with Gasteiger partial charge in [-0.3, -0.25) is 9.59 Å². The number of esters is 1. The topological polar surface area (TPSA) is 162 Å². The van der Waals surface area contributed by atoms with Gasteiger partial charge in [0.15, 0.2) is 0 Å². The number of rotatable bonds is 19. The van der Waals surface area contributed by atoms with Gasteiger partial charge in [0, 0.05) is 69.5 Å². The lowest BCUT2D eigenvalue weighted by atomic mass is 9.66. The maximum Gasteiger partial charge on any atom is 0.306 e. The number of nitrogens with zero attached hydrogens (tertiary/aromatic N) is 3. The van der Waals surface area contributed by atoms with Crippen molar-refractivity contribution in [1.82, 2.24) is 14.7 Å². The highest BCUT2D eigenvalue weighted by molar-refractivity contribution is 5.78. The molecule has 13 heteroatoms. The summed E-state index contributed by atoms with van der Waals surface area (Å²) < 4.78 is 21.5. The second-order valence-corrected chi connectivity index (χ2v) is 21.1. The third-order valence-corrected chi connectivity index (χ3v) is 14.6. The van der Waals surface area contributed by atoms with E-state index in [1.165, 1.54) is 0 Å². The Kier molecular flexibility index (Phi) is 23.1. The molecule has 0 aromatic heterocycles. The molecule has 3 saturated carbocycles. The molecule has 3 aliphatic carbocycles. The predicted octanol–water partition coefficient (Wildman–Crippen LogP) is 8.18. The molecule has 0 saturated heterocycles. The van der Waals surface area contributed by atoms with Gasteiger partial charge in [-0.05, 0) is 159 Å². The number of hydrogen-bond donors (Lipinski definition) is 4. The molecule has 0 radical (unpaired) electrons.